The smallest absolute Gasteiger partial charge is 0.138 e. The van der Waals surface area contributed by atoms with E-state index in [0.717, 1.165) is 21.4 Å². The van der Waals surface area contributed by atoms with E-state index < -0.39 is 0 Å². The van der Waals surface area contributed by atoms with Crippen molar-refractivity contribution in [1.29, 1.82) is 0 Å². The first-order valence-corrected chi connectivity index (χ1v) is 11.5. The number of nitrogens with zero attached hydrogens (tertiary/aromatic N) is 2. The summed E-state index contributed by atoms with van der Waals surface area (Å²) in [6.07, 6.45) is 3.50. The molecular formula is C26H31Br2N2NiO-. The minimum atomic E-state index is 0. The minimum absolute atomic E-state index is 0. The van der Waals surface area contributed by atoms with E-state index in [1.54, 1.807) is 12.4 Å². The number of hydrogen-bond donors (Lipinski definition) is 1. The second-order valence-corrected chi connectivity index (χ2v) is 9.37. The van der Waals surface area contributed by atoms with Crippen LogP contribution in [0.2, 0.25) is 0 Å². The van der Waals surface area contributed by atoms with Gasteiger partial charge in [-0.25, -0.2) is 0 Å². The number of benzene rings is 2. The molecule has 0 aliphatic heterocycles. The number of phenolic OH excluding ortho intramolecular Hbond substituents is 1. The average Bonchev–Trinajstić information content (AvgIpc) is 2.72. The fourth-order valence-electron chi connectivity index (χ4n) is 3.02. The van der Waals surface area contributed by atoms with Crippen LogP contribution in [-0.2, 0) is 16.5 Å². The van der Waals surface area contributed by atoms with Gasteiger partial charge < -0.3 is 12.5 Å². The van der Waals surface area contributed by atoms with Crippen LogP contribution >= 0.6 is 31.9 Å². The van der Waals surface area contributed by atoms with Crippen molar-refractivity contribution in [2.24, 2.45) is 4.99 Å². The van der Waals surface area contributed by atoms with E-state index in [4.69, 9.17) is 4.99 Å². The van der Waals surface area contributed by atoms with Crippen LogP contribution in [-0.4, -0.2) is 15.8 Å². The Morgan fingerprint density at radius 2 is 1.44 bits per heavy atom. The summed E-state index contributed by atoms with van der Waals surface area (Å²) in [4.78, 5) is 8.71. The van der Waals surface area contributed by atoms with E-state index in [1.807, 2.05) is 37.3 Å². The predicted molar refractivity (Wildman–Crippen MR) is 141 cm³/mol. The summed E-state index contributed by atoms with van der Waals surface area (Å²) in [7, 11) is 0. The fraction of sp³-hybridized carbons (Fsp3) is 0.269. The zero-order chi connectivity index (χ0) is 22.3. The molecule has 0 fully saturated rings. The van der Waals surface area contributed by atoms with Crippen LogP contribution < -0.4 is 0 Å². The molecule has 0 atom stereocenters. The number of pyridine rings is 1. The maximum atomic E-state index is 10.4. The van der Waals surface area contributed by atoms with Gasteiger partial charge in [0, 0.05) is 44.6 Å². The molecule has 1 aromatic heterocycles. The fourth-order valence-corrected chi connectivity index (χ4v) is 4.25. The van der Waals surface area contributed by atoms with Gasteiger partial charge in [0.2, 0.25) is 0 Å². The first kappa shape index (κ1) is 30.5. The number of aromatic hydroxyl groups is 1. The number of phenols is 1. The Morgan fingerprint density at radius 3 is 1.84 bits per heavy atom. The van der Waals surface area contributed by atoms with Crippen LogP contribution in [0.5, 0.6) is 5.75 Å². The topological polar surface area (TPSA) is 45.5 Å². The third-order valence-electron chi connectivity index (χ3n) is 4.61. The van der Waals surface area contributed by atoms with Crippen molar-refractivity contribution in [2.75, 3.05) is 0 Å². The first-order chi connectivity index (χ1) is 14.2. The number of hydrogen-bond acceptors (Lipinski definition) is 3. The molecule has 0 radical (unpaired) electrons. The van der Waals surface area contributed by atoms with Crippen molar-refractivity contribution in [3.8, 4) is 5.75 Å². The molecule has 0 unspecified atom stereocenters. The monoisotopic (exact) mass is 603 g/mol. The molecule has 0 saturated carbocycles. The number of para-hydroxylation sites is 1. The number of aliphatic imine (C=N–C) groups is 1. The predicted octanol–water partition coefficient (Wildman–Crippen LogP) is 8.83. The van der Waals surface area contributed by atoms with Crippen molar-refractivity contribution in [1.82, 2.24) is 4.98 Å². The minimum Gasteiger partial charge on any atom is -0.506 e. The van der Waals surface area contributed by atoms with E-state index in [0.29, 0.717) is 16.3 Å². The maximum absolute atomic E-state index is 10.4. The van der Waals surface area contributed by atoms with Gasteiger partial charge in [-0.05, 0) is 70.1 Å². The van der Waals surface area contributed by atoms with Gasteiger partial charge >= 0.3 is 0 Å². The third kappa shape index (κ3) is 8.46. The van der Waals surface area contributed by atoms with Gasteiger partial charge in [0.25, 0.3) is 0 Å². The zero-order valence-electron chi connectivity index (χ0n) is 19.3. The Hall–Kier alpha value is -1.49. The average molecular weight is 606 g/mol. The molecule has 6 heteroatoms. The van der Waals surface area contributed by atoms with Crippen LogP contribution in [0.1, 0.15) is 63.1 Å². The van der Waals surface area contributed by atoms with E-state index in [-0.39, 0.29) is 29.7 Å². The van der Waals surface area contributed by atoms with E-state index in [9.17, 15) is 5.11 Å². The van der Waals surface area contributed by atoms with E-state index in [1.165, 1.54) is 11.1 Å². The molecule has 0 bridgehead atoms. The maximum Gasteiger partial charge on any atom is 0.138 e. The zero-order valence-corrected chi connectivity index (χ0v) is 23.5. The van der Waals surface area contributed by atoms with Gasteiger partial charge in [0.05, 0.1) is 10.2 Å². The second-order valence-electron chi connectivity index (χ2n) is 7.60. The summed E-state index contributed by atoms with van der Waals surface area (Å²) >= 11 is 6.87. The van der Waals surface area contributed by atoms with Gasteiger partial charge in [-0.1, -0.05) is 67.9 Å². The van der Waals surface area contributed by atoms with Crippen molar-refractivity contribution < 1.29 is 21.6 Å². The largest absolute Gasteiger partial charge is 0.506 e. The summed E-state index contributed by atoms with van der Waals surface area (Å²) in [5, 5.41) is 10.4. The molecule has 3 rings (SSSR count). The third-order valence-corrected chi connectivity index (χ3v) is 5.67. The van der Waals surface area contributed by atoms with Crippen LogP contribution in [0.4, 0.5) is 5.69 Å². The standard InChI is InChI=1S/C20H23Br2NO.C5H5N.CH3.Ni/c1-11(2)15-7-6-8-16(12(3)4)19(15)23-13(5)17-9-14(21)10-18(22)20(17)24;1-2-4-6-5-3-1;;/h6-12,24H,1-5H3;1-5H;1H3;/q;;-1;. The molecule has 3 nitrogen and oxygen atoms in total. The second kappa shape index (κ2) is 14.6. The van der Waals surface area contributed by atoms with Gasteiger partial charge in [0.1, 0.15) is 5.75 Å². The van der Waals surface area contributed by atoms with Crippen LogP contribution in [0, 0.1) is 7.43 Å². The Labute approximate surface area is 220 Å². The molecule has 2 aromatic carbocycles. The molecule has 0 saturated heterocycles. The molecule has 0 aliphatic carbocycles. The van der Waals surface area contributed by atoms with Crippen molar-refractivity contribution >= 4 is 43.3 Å². The Morgan fingerprint density at radius 1 is 0.906 bits per heavy atom. The van der Waals surface area contributed by atoms with Gasteiger partial charge in [-0.3, -0.25) is 9.98 Å². The summed E-state index contributed by atoms with van der Waals surface area (Å²) in [5.41, 5.74) is 5.01. The van der Waals surface area contributed by atoms with Crippen LogP contribution in [0.15, 0.2) is 74.9 Å². The number of halogens is 2. The van der Waals surface area contributed by atoms with Gasteiger partial charge in [-0.2, -0.15) is 0 Å². The van der Waals surface area contributed by atoms with Crippen molar-refractivity contribution in [3.63, 3.8) is 0 Å². The first-order valence-electron chi connectivity index (χ1n) is 9.93. The molecule has 0 spiro atoms. The SMILES string of the molecule is CC(=Nc1c(C(C)C)cccc1C(C)C)c1cc(Br)cc(Br)c1O.[CH3-].[Ni].c1ccncc1. The summed E-state index contributed by atoms with van der Waals surface area (Å²) in [6, 6.07) is 15.8. The normalized spacial score (nSPS) is 10.7. The summed E-state index contributed by atoms with van der Waals surface area (Å²) < 4.78 is 1.56. The van der Waals surface area contributed by atoms with E-state index >= 15 is 0 Å². The Balaban J connectivity index is 0.00000104. The molecule has 176 valence electrons. The Bertz CT molecular complexity index is 953. The molecule has 3 aromatic rings. The van der Waals surface area contributed by atoms with Crippen molar-refractivity contribution in [2.45, 2.75) is 46.5 Å². The van der Waals surface area contributed by atoms with Crippen LogP contribution in [0.3, 0.4) is 0 Å². The summed E-state index contributed by atoms with van der Waals surface area (Å²) in [6.45, 7) is 10.7. The molecule has 0 aliphatic rings. The quantitative estimate of drug-likeness (QED) is 0.183. The molecule has 1 N–H and O–H groups in total. The van der Waals surface area contributed by atoms with Crippen molar-refractivity contribution in [3.05, 3.63) is 94.0 Å². The summed E-state index contributed by atoms with van der Waals surface area (Å²) in [5.74, 6) is 0.990. The van der Waals surface area contributed by atoms with Crippen LogP contribution in [0.25, 0.3) is 0 Å². The van der Waals surface area contributed by atoms with Gasteiger partial charge in [0.15, 0.2) is 0 Å². The molecule has 1 heterocycles. The van der Waals surface area contributed by atoms with E-state index in [2.05, 4.69) is 82.7 Å². The molecule has 32 heavy (non-hydrogen) atoms. The van der Waals surface area contributed by atoms with Gasteiger partial charge in [-0.15, -0.1) is 0 Å². The molecular weight excluding hydrogens is 575 g/mol. The Kier molecular flexibility index (Phi) is 13.9. The number of rotatable bonds is 4. The molecule has 0 amide bonds. The number of aromatic nitrogens is 1.